The molecule has 13 heavy (non-hydrogen) atoms. The van der Waals surface area contributed by atoms with Gasteiger partial charge in [0.05, 0.1) is 0 Å². The van der Waals surface area contributed by atoms with Crippen LogP contribution in [0, 0.1) is 11.6 Å². The van der Waals surface area contributed by atoms with Crippen molar-refractivity contribution in [3.8, 4) is 0 Å². The molecule has 0 aliphatic rings. The first kappa shape index (κ1) is 10.2. The first-order chi connectivity index (χ1) is 6.24. The normalized spacial score (nSPS) is 10.0. The second-order valence-electron chi connectivity index (χ2n) is 2.38. The van der Waals surface area contributed by atoms with Gasteiger partial charge in [0.2, 0.25) is 0 Å². The van der Waals surface area contributed by atoms with Crippen LogP contribution in [-0.4, -0.2) is 12.0 Å². The monoisotopic (exact) mass is 202 g/mol. The Balaban J connectivity index is 2.57. The van der Waals surface area contributed by atoms with Gasteiger partial charge < -0.3 is 4.79 Å². The van der Waals surface area contributed by atoms with Gasteiger partial charge in [-0.1, -0.05) is 0 Å². The van der Waals surface area contributed by atoms with Crippen molar-refractivity contribution in [1.29, 1.82) is 0 Å². The topological polar surface area (TPSA) is 17.1 Å². The lowest BCUT2D eigenvalue weighted by atomic mass is 10.3. The molecule has 4 heteroatoms. The van der Waals surface area contributed by atoms with E-state index in [2.05, 4.69) is 0 Å². The Morgan fingerprint density at radius 2 is 2.08 bits per heavy atom. The molecule has 0 aliphatic heterocycles. The summed E-state index contributed by atoms with van der Waals surface area (Å²) < 4.78 is 25.1. The van der Waals surface area contributed by atoms with Gasteiger partial charge in [0, 0.05) is 17.1 Å². The molecule has 0 radical (unpaired) electrons. The zero-order chi connectivity index (χ0) is 9.68. The van der Waals surface area contributed by atoms with E-state index in [4.69, 9.17) is 0 Å². The summed E-state index contributed by atoms with van der Waals surface area (Å²) in [5, 5.41) is 0. The Morgan fingerprint density at radius 3 is 2.69 bits per heavy atom. The van der Waals surface area contributed by atoms with E-state index in [1.807, 2.05) is 0 Å². The Morgan fingerprint density at radius 1 is 1.31 bits per heavy atom. The van der Waals surface area contributed by atoms with E-state index in [9.17, 15) is 13.6 Å². The minimum Gasteiger partial charge on any atom is -0.303 e. The number of rotatable bonds is 4. The van der Waals surface area contributed by atoms with Crippen molar-refractivity contribution in [2.45, 2.75) is 11.3 Å². The highest BCUT2D eigenvalue weighted by Crippen LogP contribution is 2.20. The maximum atomic E-state index is 12.6. The molecule has 0 saturated carbocycles. The van der Waals surface area contributed by atoms with Gasteiger partial charge in [-0.05, 0) is 18.2 Å². The molecule has 0 amide bonds. The van der Waals surface area contributed by atoms with Gasteiger partial charge in [-0.2, -0.15) is 0 Å². The highest BCUT2D eigenvalue weighted by molar-refractivity contribution is 7.99. The predicted octanol–water partition coefficient (Wildman–Crippen LogP) is 2.65. The smallest absolute Gasteiger partial charge is 0.159 e. The standard InChI is InChI=1S/C9H8F2OS/c10-8-3-2-7(6-9(8)11)13-5-1-4-12/h2-4,6H,1,5H2. The van der Waals surface area contributed by atoms with E-state index < -0.39 is 11.6 Å². The lowest BCUT2D eigenvalue weighted by Gasteiger charge is -1.99. The van der Waals surface area contributed by atoms with Gasteiger partial charge in [0.15, 0.2) is 11.6 Å². The van der Waals surface area contributed by atoms with Crippen molar-refractivity contribution in [3.63, 3.8) is 0 Å². The molecular weight excluding hydrogens is 194 g/mol. The van der Waals surface area contributed by atoms with Gasteiger partial charge in [0.1, 0.15) is 6.29 Å². The average Bonchev–Trinajstić information content (AvgIpc) is 2.12. The van der Waals surface area contributed by atoms with Crippen LogP contribution >= 0.6 is 11.8 Å². The molecule has 0 bridgehead atoms. The summed E-state index contributed by atoms with van der Waals surface area (Å²) in [6, 6.07) is 3.71. The van der Waals surface area contributed by atoms with Crippen LogP contribution in [0.25, 0.3) is 0 Å². The summed E-state index contributed by atoms with van der Waals surface area (Å²) in [7, 11) is 0. The Labute approximate surface area is 79.1 Å². The Hall–Kier alpha value is -0.900. The number of aldehydes is 1. The van der Waals surface area contributed by atoms with Crippen molar-refractivity contribution < 1.29 is 13.6 Å². The number of carbonyl (C=O) groups is 1. The summed E-state index contributed by atoms with van der Waals surface area (Å²) in [4.78, 5) is 10.6. The van der Waals surface area contributed by atoms with E-state index >= 15 is 0 Å². The lowest BCUT2D eigenvalue weighted by Crippen LogP contribution is -1.85. The van der Waals surface area contributed by atoms with Crippen LogP contribution in [0.4, 0.5) is 8.78 Å². The molecule has 0 fully saturated rings. The molecule has 1 rings (SSSR count). The second kappa shape index (κ2) is 4.97. The quantitative estimate of drug-likeness (QED) is 0.424. The fourth-order valence-electron chi connectivity index (χ4n) is 0.792. The summed E-state index contributed by atoms with van der Waals surface area (Å²) in [5.41, 5.74) is 0. The van der Waals surface area contributed by atoms with Gasteiger partial charge in [0.25, 0.3) is 0 Å². The van der Waals surface area contributed by atoms with E-state index in [0.717, 1.165) is 18.4 Å². The fraction of sp³-hybridized carbons (Fsp3) is 0.222. The minimum atomic E-state index is -0.851. The molecule has 0 atom stereocenters. The minimum absolute atomic E-state index is 0.420. The first-order valence-corrected chi connectivity index (χ1v) is 4.74. The number of hydrogen-bond donors (Lipinski definition) is 0. The highest BCUT2D eigenvalue weighted by atomic mass is 32.2. The van der Waals surface area contributed by atoms with Crippen LogP contribution in [0.3, 0.4) is 0 Å². The van der Waals surface area contributed by atoms with E-state index in [0.29, 0.717) is 17.1 Å². The SMILES string of the molecule is O=CCCSc1ccc(F)c(F)c1. The molecule has 0 heterocycles. The van der Waals surface area contributed by atoms with Crippen LogP contribution in [-0.2, 0) is 4.79 Å². The Bertz CT molecular complexity index is 302. The lowest BCUT2D eigenvalue weighted by molar-refractivity contribution is -0.107. The summed E-state index contributed by atoms with van der Waals surface area (Å²) in [6.45, 7) is 0. The zero-order valence-corrected chi connectivity index (χ0v) is 7.61. The van der Waals surface area contributed by atoms with Crippen LogP contribution in [0.2, 0.25) is 0 Å². The number of carbonyl (C=O) groups excluding carboxylic acids is 1. The third kappa shape index (κ3) is 3.14. The van der Waals surface area contributed by atoms with E-state index in [1.165, 1.54) is 17.8 Å². The molecule has 0 unspecified atom stereocenters. The molecule has 1 aromatic rings. The van der Waals surface area contributed by atoms with Crippen molar-refractivity contribution in [3.05, 3.63) is 29.8 Å². The average molecular weight is 202 g/mol. The molecular formula is C9H8F2OS. The van der Waals surface area contributed by atoms with Crippen molar-refractivity contribution in [2.75, 3.05) is 5.75 Å². The molecule has 0 N–H and O–H groups in total. The van der Waals surface area contributed by atoms with Gasteiger partial charge in [-0.15, -0.1) is 11.8 Å². The van der Waals surface area contributed by atoms with Gasteiger partial charge >= 0.3 is 0 Å². The van der Waals surface area contributed by atoms with E-state index in [-0.39, 0.29) is 0 Å². The number of thioether (sulfide) groups is 1. The van der Waals surface area contributed by atoms with Gasteiger partial charge in [-0.3, -0.25) is 0 Å². The third-order valence-corrected chi connectivity index (χ3v) is 2.42. The largest absolute Gasteiger partial charge is 0.303 e. The maximum Gasteiger partial charge on any atom is 0.159 e. The van der Waals surface area contributed by atoms with Crippen molar-refractivity contribution in [2.24, 2.45) is 0 Å². The molecule has 0 spiro atoms. The first-order valence-electron chi connectivity index (χ1n) is 3.75. The highest BCUT2D eigenvalue weighted by Gasteiger charge is 2.01. The number of benzene rings is 1. The second-order valence-corrected chi connectivity index (χ2v) is 3.55. The Kier molecular flexibility index (Phi) is 3.89. The van der Waals surface area contributed by atoms with Crippen LogP contribution < -0.4 is 0 Å². The molecule has 0 aromatic heterocycles. The number of hydrogen-bond acceptors (Lipinski definition) is 2. The van der Waals surface area contributed by atoms with Crippen molar-refractivity contribution >= 4 is 18.0 Å². The summed E-state index contributed by atoms with van der Waals surface area (Å²) in [5.74, 6) is -1.11. The zero-order valence-electron chi connectivity index (χ0n) is 6.80. The van der Waals surface area contributed by atoms with Crippen LogP contribution in [0.15, 0.2) is 23.1 Å². The molecule has 70 valence electrons. The fourth-order valence-corrected chi connectivity index (χ4v) is 1.59. The maximum absolute atomic E-state index is 12.6. The van der Waals surface area contributed by atoms with Crippen LogP contribution in [0.1, 0.15) is 6.42 Å². The van der Waals surface area contributed by atoms with Crippen LogP contribution in [0.5, 0.6) is 0 Å². The molecule has 1 nitrogen and oxygen atoms in total. The summed E-state index contributed by atoms with van der Waals surface area (Å²) in [6.07, 6.45) is 1.22. The van der Waals surface area contributed by atoms with E-state index in [1.54, 1.807) is 0 Å². The van der Waals surface area contributed by atoms with Crippen molar-refractivity contribution in [1.82, 2.24) is 0 Å². The predicted molar refractivity (Wildman–Crippen MR) is 47.8 cm³/mol. The third-order valence-electron chi connectivity index (χ3n) is 1.40. The number of halogens is 2. The molecule has 1 aromatic carbocycles. The summed E-state index contributed by atoms with van der Waals surface area (Å²) >= 11 is 1.33. The molecule has 0 saturated heterocycles. The molecule has 0 aliphatic carbocycles. The van der Waals surface area contributed by atoms with Gasteiger partial charge in [-0.25, -0.2) is 8.78 Å².